The lowest BCUT2D eigenvalue weighted by molar-refractivity contribution is -0.339. The minimum Gasteiger partial charge on any atom is -0.457 e. The fourth-order valence-electron chi connectivity index (χ4n) is 8.26. The van der Waals surface area contributed by atoms with E-state index >= 15 is 0 Å². The van der Waals surface area contributed by atoms with Gasteiger partial charge in [-0.3, -0.25) is 9.59 Å². The Morgan fingerprint density at radius 3 is 2.39 bits per heavy atom. The van der Waals surface area contributed by atoms with Gasteiger partial charge in [0.05, 0.1) is 46.7 Å². The zero-order chi connectivity index (χ0) is 27.4. The van der Waals surface area contributed by atoms with Crippen LogP contribution >= 0.6 is 0 Å². The molecular formula is C29H34O9. The van der Waals surface area contributed by atoms with Crippen molar-refractivity contribution < 1.29 is 43.5 Å². The lowest BCUT2D eigenvalue weighted by Crippen LogP contribution is -2.79. The van der Waals surface area contributed by atoms with Crippen LogP contribution in [0.1, 0.15) is 57.8 Å². The van der Waals surface area contributed by atoms with Crippen molar-refractivity contribution in [3.8, 4) is 0 Å². The highest BCUT2D eigenvalue weighted by atomic mass is 16.6. The first kappa shape index (κ1) is 25.7. The molecule has 0 spiro atoms. The average molecular weight is 527 g/mol. The van der Waals surface area contributed by atoms with Gasteiger partial charge in [0.2, 0.25) is 0 Å². The standard InChI is InChI=1S/C29H34O9/c1-14-17(31)12-28-20(14)21(38-26(28,3)4)23(33)27(5)18(32)11-19-29(13-35-19,37-15(2)30)22(27)24(28)36-25(34)16-9-7-6-8-10-16/h6-10,17-19,21-22,24,31-32H,11-13H2,1-5H3. The topological polar surface area (TPSA) is 129 Å². The lowest BCUT2D eigenvalue weighted by atomic mass is 9.49. The molecule has 0 amide bonds. The van der Waals surface area contributed by atoms with Crippen molar-refractivity contribution in [3.63, 3.8) is 0 Å². The lowest BCUT2D eigenvalue weighted by Gasteiger charge is -2.64. The van der Waals surface area contributed by atoms with Crippen molar-refractivity contribution in [1.29, 1.82) is 0 Å². The van der Waals surface area contributed by atoms with Crippen molar-refractivity contribution in [2.24, 2.45) is 16.7 Å². The van der Waals surface area contributed by atoms with Crippen LogP contribution in [0.5, 0.6) is 0 Å². The van der Waals surface area contributed by atoms with Gasteiger partial charge in [-0.25, -0.2) is 4.79 Å². The monoisotopic (exact) mass is 526 g/mol. The summed E-state index contributed by atoms with van der Waals surface area (Å²) in [6.07, 6.45) is -4.62. The van der Waals surface area contributed by atoms with Crippen molar-refractivity contribution in [2.75, 3.05) is 6.61 Å². The predicted octanol–water partition coefficient (Wildman–Crippen LogP) is 2.13. The summed E-state index contributed by atoms with van der Waals surface area (Å²) in [6.45, 7) is 8.40. The Bertz CT molecular complexity index is 1250. The third-order valence-corrected chi connectivity index (χ3v) is 10.2. The highest BCUT2D eigenvalue weighted by molar-refractivity contribution is 5.95. The number of rotatable bonds is 3. The number of fused-ring (bicyclic) bond motifs is 3. The highest BCUT2D eigenvalue weighted by Gasteiger charge is 2.81. The van der Waals surface area contributed by atoms with Gasteiger partial charge in [0, 0.05) is 13.3 Å². The van der Waals surface area contributed by atoms with Crippen LogP contribution in [0.25, 0.3) is 0 Å². The molecule has 2 saturated heterocycles. The summed E-state index contributed by atoms with van der Waals surface area (Å²) in [4.78, 5) is 40.7. The maximum atomic E-state index is 14.5. The van der Waals surface area contributed by atoms with E-state index < -0.39 is 70.4 Å². The first-order valence-electron chi connectivity index (χ1n) is 13.2. The molecule has 5 aliphatic rings. The largest absolute Gasteiger partial charge is 0.457 e. The summed E-state index contributed by atoms with van der Waals surface area (Å²) in [5.41, 5.74) is -3.43. The third-order valence-electron chi connectivity index (χ3n) is 10.2. The molecule has 2 heterocycles. The van der Waals surface area contributed by atoms with Gasteiger partial charge < -0.3 is 29.2 Å². The van der Waals surface area contributed by atoms with Crippen LogP contribution in [-0.2, 0) is 28.5 Å². The minimum atomic E-state index is -1.49. The normalized spacial score (nSPS) is 44.3. The highest BCUT2D eigenvalue weighted by Crippen LogP contribution is 2.70. The van der Waals surface area contributed by atoms with E-state index in [1.807, 2.05) is 13.8 Å². The molecular weight excluding hydrogens is 492 g/mol. The smallest absolute Gasteiger partial charge is 0.338 e. The summed E-state index contributed by atoms with van der Waals surface area (Å²) in [5, 5.41) is 22.7. The molecule has 9 atom stereocenters. The fourth-order valence-corrected chi connectivity index (χ4v) is 8.26. The maximum Gasteiger partial charge on any atom is 0.338 e. The van der Waals surface area contributed by atoms with E-state index in [-0.39, 0.29) is 25.2 Å². The van der Waals surface area contributed by atoms with E-state index in [1.54, 1.807) is 44.2 Å². The van der Waals surface area contributed by atoms with E-state index in [0.29, 0.717) is 16.7 Å². The molecule has 2 aliphatic heterocycles. The minimum absolute atomic E-state index is 0.000490. The summed E-state index contributed by atoms with van der Waals surface area (Å²) in [6, 6.07) is 8.51. The van der Waals surface area contributed by atoms with E-state index in [2.05, 4.69) is 0 Å². The van der Waals surface area contributed by atoms with Crippen LogP contribution in [-0.4, -0.2) is 76.3 Å². The van der Waals surface area contributed by atoms with Gasteiger partial charge >= 0.3 is 11.9 Å². The van der Waals surface area contributed by atoms with E-state index in [9.17, 15) is 24.6 Å². The fraction of sp³-hybridized carbons (Fsp3) is 0.621. The molecule has 204 valence electrons. The number of Topliss-reactive ketones (excluding diaryl/α,β-unsaturated/α-hetero) is 1. The molecule has 0 aromatic heterocycles. The van der Waals surface area contributed by atoms with Crippen molar-refractivity contribution >= 4 is 17.7 Å². The molecule has 6 rings (SSSR count). The molecule has 9 unspecified atom stereocenters. The number of ketones is 1. The van der Waals surface area contributed by atoms with Crippen molar-refractivity contribution in [1.82, 2.24) is 0 Å². The SMILES string of the molecule is CC(=O)OC12COC1CC(O)C1(C)C(=O)C3OC(C)(C)C4(CC(O)C(C)=C34)C(OC(=O)c3ccccc3)C21. The van der Waals surface area contributed by atoms with Gasteiger partial charge in [0.1, 0.15) is 18.3 Å². The van der Waals surface area contributed by atoms with Crippen LogP contribution < -0.4 is 0 Å². The van der Waals surface area contributed by atoms with Crippen LogP contribution in [0, 0.1) is 16.7 Å². The predicted molar refractivity (Wildman–Crippen MR) is 132 cm³/mol. The second kappa shape index (κ2) is 7.97. The van der Waals surface area contributed by atoms with E-state index in [4.69, 9.17) is 18.9 Å². The van der Waals surface area contributed by atoms with Gasteiger partial charge in [-0.15, -0.1) is 0 Å². The van der Waals surface area contributed by atoms with Crippen LogP contribution in [0.15, 0.2) is 41.5 Å². The number of hydrogen-bond acceptors (Lipinski definition) is 9. The molecule has 0 radical (unpaired) electrons. The number of benzene rings is 1. The van der Waals surface area contributed by atoms with Gasteiger partial charge in [-0.1, -0.05) is 18.2 Å². The molecule has 9 nitrogen and oxygen atoms in total. The number of carbonyl (C=O) groups is 3. The third kappa shape index (κ3) is 2.93. The summed E-state index contributed by atoms with van der Waals surface area (Å²) < 4.78 is 24.7. The average Bonchev–Trinajstić information content (AvgIpc) is 3.24. The van der Waals surface area contributed by atoms with Crippen molar-refractivity contribution in [2.45, 2.75) is 89.2 Å². The number of aliphatic hydroxyl groups is 2. The van der Waals surface area contributed by atoms with E-state index in [1.165, 1.54) is 6.92 Å². The van der Waals surface area contributed by atoms with Gasteiger partial charge in [0.15, 0.2) is 11.4 Å². The van der Waals surface area contributed by atoms with E-state index in [0.717, 1.165) is 0 Å². The Kier molecular flexibility index (Phi) is 5.39. The van der Waals surface area contributed by atoms with Gasteiger partial charge in [0.25, 0.3) is 0 Å². The molecule has 9 heteroatoms. The maximum absolute atomic E-state index is 14.5. The summed E-state index contributed by atoms with van der Waals surface area (Å²) >= 11 is 0. The van der Waals surface area contributed by atoms with Crippen LogP contribution in [0.3, 0.4) is 0 Å². The van der Waals surface area contributed by atoms with Crippen LogP contribution in [0.2, 0.25) is 0 Å². The quantitative estimate of drug-likeness (QED) is 0.450. The summed E-state index contributed by atoms with van der Waals surface area (Å²) in [7, 11) is 0. The van der Waals surface area contributed by atoms with Gasteiger partial charge in [-0.2, -0.15) is 0 Å². The molecule has 2 N–H and O–H groups in total. The Morgan fingerprint density at radius 1 is 1.11 bits per heavy atom. The molecule has 4 fully saturated rings. The number of esters is 2. The first-order valence-corrected chi connectivity index (χ1v) is 13.2. The molecule has 2 saturated carbocycles. The first-order chi connectivity index (χ1) is 17.8. The zero-order valence-corrected chi connectivity index (χ0v) is 22.2. The van der Waals surface area contributed by atoms with Gasteiger partial charge in [-0.05, 0) is 57.4 Å². The molecule has 2 bridgehead atoms. The molecule has 3 aliphatic carbocycles. The second-order valence-corrected chi connectivity index (χ2v) is 12.2. The number of ether oxygens (including phenoxy) is 4. The number of hydrogen-bond donors (Lipinski definition) is 2. The summed E-state index contributed by atoms with van der Waals surface area (Å²) in [5.74, 6) is -2.50. The Morgan fingerprint density at radius 2 is 1.79 bits per heavy atom. The Labute approximate surface area is 221 Å². The number of carbonyl (C=O) groups excluding carboxylic acids is 3. The molecule has 1 aromatic rings. The second-order valence-electron chi connectivity index (χ2n) is 12.2. The molecule has 1 aromatic carbocycles. The van der Waals surface area contributed by atoms with Crippen LogP contribution in [0.4, 0.5) is 0 Å². The molecule has 38 heavy (non-hydrogen) atoms. The number of aliphatic hydroxyl groups excluding tert-OH is 2. The Hall–Kier alpha value is -2.59. The Balaban J connectivity index is 1.64. The zero-order valence-electron chi connectivity index (χ0n) is 22.2. The van der Waals surface area contributed by atoms with Crippen molar-refractivity contribution in [3.05, 3.63) is 47.0 Å².